The van der Waals surface area contributed by atoms with Crippen molar-refractivity contribution in [2.75, 3.05) is 32.8 Å². The molecule has 2 aromatic rings. The summed E-state index contributed by atoms with van der Waals surface area (Å²) in [6, 6.07) is 12.9. The number of rotatable bonds is 5. The number of nitrogens with zero attached hydrogens (tertiary/aromatic N) is 2. The number of sulfonamides is 1. The topological polar surface area (TPSA) is 66.9 Å². The van der Waals surface area contributed by atoms with Crippen molar-refractivity contribution in [3.8, 4) is 5.75 Å². The quantitative estimate of drug-likeness (QED) is 0.771. The Labute approximate surface area is 166 Å². The van der Waals surface area contributed by atoms with E-state index in [4.69, 9.17) is 4.74 Å². The van der Waals surface area contributed by atoms with Gasteiger partial charge < -0.3 is 9.64 Å². The second-order valence-electron chi connectivity index (χ2n) is 7.11. The fourth-order valence-corrected chi connectivity index (χ4v) is 4.98. The Morgan fingerprint density at radius 3 is 2.29 bits per heavy atom. The molecule has 0 bridgehead atoms. The van der Waals surface area contributed by atoms with Gasteiger partial charge in [0.25, 0.3) is 5.91 Å². The van der Waals surface area contributed by atoms with Gasteiger partial charge >= 0.3 is 0 Å². The average molecular weight is 403 g/mol. The van der Waals surface area contributed by atoms with Gasteiger partial charge in [-0.05, 0) is 44.0 Å². The molecule has 150 valence electrons. The summed E-state index contributed by atoms with van der Waals surface area (Å²) < 4.78 is 33.0. The van der Waals surface area contributed by atoms with Crippen LogP contribution in [0.1, 0.15) is 16.7 Å². The van der Waals surface area contributed by atoms with Crippen molar-refractivity contribution in [2.24, 2.45) is 0 Å². The van der Waals surface area contributed by atoms with Crippen LogP contribution in [0.3, 0.4) is 0 Å². The van der Waals surface area contributed by atoms with Crippen LogP contribution in [0, 0.1) is 20.8 Å². The molecule has 1 aliphatic rings. The predicted molar refractivity (Wildman–Crippen MR) is 108 cm³/mol. The molecular formula is C21H26N2O4S. The van der Waals surface area contributed by atoms with Gasteiger partial charge in [-0.25, -0.2) is 8.42 Å². The second-order valence-corrected chi connectivity index (χ2v) is 9.01. The van der Waals surface area contributed by atoms with E-state index in [0.29, 0.717) is 23.7 Å². The lowest BCUT2D eigenvalue weighted by Gasteiger charge is -2.34. The van der Waals surface area contributed by atoms with E-state index in [9.17, 15) is 13.2 Å². The molecule has 0 spiro atoms. The summed E-state index contributed by atoms with van der Waals surface area (Å²) >= 11 is 0. The third kappa shape index (κ3) is 4.36. The van der Waals surface area contributed by atoms with E-state index in [1.54, 1.807) is 11.0 Å². The molecule has 6 nitrogen and oxygen atoms in total. The zero-order valence-electron chi connectivity index (χ0n) is 16.5. The molecule has 3 rings (SSSR count). The van der Waals surface area contributed by atoms with Crippen LogP contribution in [0.25, 0.3) is 0 Å². The number of para-hydroxylation sites is 1. The molecule has 2 aromatic carbocycles. The molecule has 1 amide bonds. The molecule has 1 fully saturated rings. The first-order chi connectivity index (χ1) is 13.3. The van der Waals surface area contributed by atoms with E-state index >= 15 is 0 Å². The minimum absolute atomic E-state index is 0.0470. The molecule has 7 heteroatoms. The normalized spacial score (nSPS) is 15.5. The molecule has 1 heterocycles. The molecular weight excluding hydrogens is 376 g/mol. The highest BCUT2D eigenvalue weighted by atomic mass is 32.2. The number of aryl methyl sites for hydroxylation is 3. The zero-order chi connectivity index (χ0) is 20.3. The predicted octanol–water partition coefficient (Wildman–Crippen LogP) is 2.52. The van der Waals surface area contributed by atoms with Crippen LogP contribution >= 0.6 is 0 Å². The van der Waals surface area contributed by atoms with Gasteiger partial charge in [0.2, 0.25) is 10.0 Å². The van der Waals surface area contributed by atoms with E-state index < -0.39 is 10.0 Å². The highest BCUT2D eigenvalue weighted by Gasteiger charge is 2.31. The van der Waals surface area contributed by atoms with Crippen LogP contribution in [0.4, 0.5) is 0 Å². The molecule has 1 aliphatic heterocycles. The van der Waals surface area contributed by atoms with Gasteiger partial charge in [0.1, 0.15) is 5.75 Å². The van der Waals surface area contributed by atoms with Gasteiger partial charge in [-0.15, -0.1) is 0 Å². The number of amides is 1. The molecule has 0 saturated carbocycles. The summed E-state index contributed by atoms with van der Waals surface area (Å²) in [5, 5.41) is 0. The maximum Gasteiger partial charge on any atom is 0.260 e. The zero-order valence-corrected chi connectivity index (χ0v) is 17.3. The van der Waals surface area contributed by atoms with Crippen molar-refractivity contribution in [1.82, 2.24) is 9.21 Å². The van der Waals surface area contributed by atoms with Crippen LogP contribution in [-0.4, -0.2) is 56.3 Å². The van der Waals surface area contributed by atoms with Crippen molar-refractivity contribution in [3.05, 3.63) is 59.2 Å². The van der Waals surface area contributed by atoms with E-state index in [0.717, 1.165) is 16.7 Å². The first-order valence-corrected chi connectivity index (χ1v) is 10.8. The molecule has 28 heavy (non-hydrogen) atoms. The number of piperazine rings is 1. The van der Waals surface area contributed by atoms with Crippen LogP contribution in [0.5, 0.6) is 5.75 Å². The van der Waals surface area contributed by atoms with Gasteiger partial charge in [-0.1, -0.05) is 35.9 Å². The van der Waals surface area contributed by atoms with E-state index in [1.807, 2.05) is 57.2 Å². The average Bonchev–Trinajstić information content (AvgIpc) is 2.67. The summed E-state index contributed by atoms with van der Waals surface area (Å²) in [4.78, 5) is 14.4. The first-order valence-electron chi connectivity index (χ1n) is 9.32. The van der Waals surface area contributed by atoms with Crippen LogP contribution in [0.2, 0.25) is 0 Å². The third-order valence-electron chi connectivity index (χ3n) is 4.98. The molecule has 0 aliphatic carbocycles. The van der Waals surface area contributed by atoms with Gasteiger partial charge in [-0.3, -0.25) is 4.79 Å². The van der Waals surface area contributed by atoms with Gasteiger partial charge in [0, 0.05) is 26.2 Å². The monoisotopic (exact) mass is 402 g/mol. The van der Waals surface area contributed by atoms with Crippen molar-refractivity contribution in [2.45, 2.75) is 25.7 Å². The highest BCUT2D eigenvalue weighted by Crippen LogP contribution is 2.22. The Morgan fingerprint density at radius 2 is 1.64 bits per heavy atom. The fraction of sp³-hybridized carbons (Fsp3) is 0.381. The Kier molecular flexibility index (Phi) is 6.05. The molecule has 1 saturated heterocycles. The molecule has 0 atom stereocenters. The highest BCUT2D eigenvalue weighted by molar-refractivity contribution is 7.89. The van der Waals surface area contributed by atoms with Crippen molar-refractivity contribution >= 4 is 15.9 Å². The van der Waals surface area contributed by atoms with Crippen molar-refractivity contribution in [3.63, 3.8) is 0 Å². The lowest BCUT2D eigenvalue weighted by molar-refractivity contribution is -0.134. The lowest BCUT2D eigenvalue weighted by Crippen LogP contribution is -2.51. The van der Waals surface area contributed by atoms with Crippen LogP contribution in [0.15, 0.2) is 47.4 Å². The van der Waals surface area contributed by atoms with E-state index in [2.05, 4.69) is 0 Å². The standard InChI is InChI=1S/C21H26N2O4S/c1-16-8-9-20(18(3)14-16)28(25,26)23-12-10-22(11-13-23)21(24)15-27-19-7-5-4-6-17(19)2/h4-9,14H,10-13,15H2,1-3H3. The van der Waals surface area contributed by atoms with Crippen molar-refractivity contribution in [1.29, 1.82) is 0 Å². The fourth-order valence-electron chi connectivity index (χ4n) is 3.35. The van der Waals surface area contributed by atoms with Crippen LogP contribution in [-0.2, 0) is 14.8 Å². The Balaban J connectivity index is 1.59. The minimum atomic E-state index is -3.56. The van der Waals surface area contributed by atoms with Crippen LogP contribution < -0.4 is 4.74 Å². The number of benzene rings is 2. The minimum Gasteiger partial charge on any atom is -0.484 e. The Hall–Kier alpha value is -2.38. The first kappa shape index (κ1) is 20.4. The molecule has 0 N–H and O–H groups in total. The molecule has 0 aromatic heterocycles. The van der Waals surface area contributed by atoms with Gasteiger partial charge in [-0.2, -0.15) is 4.31 Å². The number of carbonyl (C=O) groups is 1. The van der Waals surface area contributed by atoms with Crippen molar-refractivity contribution < 1.29 is 17.9 Å². The van der Waals surface area contributed by atoms with E-state index in [-0.39, 0.29) is 25.6 Å². The van der Waals surface area contributed by atoms with E-state index in [1.165, 1.54) is 4.31 Å². The lowest BCUT2D eigenvalue weighted by atomic mass is 10.2. The summed E-state index contributed by atoms with van der Waals surface area (Å²) in [5.74, 6) is 0.554. The third-order valence-corrected chi connectivity index (χ3v) is 7.04. The molecule has 0 radical (unpaired) electrons. The largest absolute Gasteiger partial charge is 0.484 e. The Morgan fingerprint density at radius 1 is 0.964 bits per heavy atom. The number of hydrogen-bond acceptors (Lipinski definition) is 4. The number of carbonyl (C=O) groups excluding carboxylic acids is 1. The Bertz CT molecular complexity index is 964. The maximum atomic E-state index is 12.9. The second kappa shape index (κ2) is 8.32. The summed E-state index contributed by atoms with van der Waals surface area (Å²) in [6.07, 6.45) is 0. The molecule has 0 unspecified atom stereocenters. The van der Waals surface area contributed by atoms with Gasteiger partial charge in [0.05, 0.1) is 4.90 Å². The summed E-state index contributed by atoms with van der Waals surface area (Å²) in [6.45, 7) is 6.91. The number of hydrogen-bond donors (Lipinski definition) is 0. The number of ether oxygens (including phenoxy) is 1. The SMILES string of the molecule is Cc1ccc(S(=O)(=O)N2CCN(C(=O)COc3ccccc3C)CC2)c(C)c1. The maximum absolute atomic E-state index is 12.9. The smallest absolute Gasteiger partial charge is 0.260 e. The summed E-state index contributed by atoms with van der Waals surface area (Å²) in [5.41, 5.74) is 2.74. The van der Waals surface area contributed by atoms with Gasteiger partial charge in [0.15, 0.2) is 6.61 Å². The summed E-state index contributed by atoms with van der Waals surface area (Å²) in [7, 11) is -3.56.